The third kappa shape index (κ3) is 7.79. The Morgan fingerprint density at radius 3 is 2.27 bits per heavy atom. The topological polar surface area (TPSA) is 94.1 Å². The van der Waals surface area contributed by atoms with E-state index in [-0.39, 0.29) is 18.4 Å². The highest BCUT2D eigenvalue weighted by Gasteiger charge is 2.28. The SMILES string of the molecule is C=C(C)OC(=O)C[C@H](NC(=O)OCc1ccccc1)C(O)COc1c(F)c(F)cc(F)c1F. The van der Waals surface area contributed by atoms with Gasteiger partial charge in [0.2, 0.25) is 11.6 Å². The fraction of sp³-hybridized carbons (Fsp3) is 0.273. The van der Waals surface area contributed by atoms with Gasteiger partial charge in [0, 0.05) is 6.07 Å². The number of nitrogens with one attached hydrogen (secondary N) is 1. The Bertz CT molecular complexity index is 976. The highest BCUT2D eigenvalue weighted by molar-refractivity contribution is 5.73. The molecule has 33 heavy (non-hydrogen) atoms. The number of carbonyl (C=O) groups excluding carboxylic acids is 2. The Kier molecular flexibility index (Phi) is 9.22. The lowest BCUT2D eigenvalue weighted by atomic mass is 10.1. The average molecular weight is 471 g/mol. The molecule has 2 N–H and O–H groups in total. The Hall–Kier alpha value is -3.60. The Morgan fingerprint density at radius 1 is 1.09 bits per heavy atom. The van der Waals surface area contributed by atoms with Crippen LogP contribution in [0.5, 0.6) is 5.75 Å². The van der Waals surface area contributed by atoms with Crippen LogP contribution in [0.1, 0.15) is 18.9 Å². The van der Waals surface area contributed by atoms with Crippen LogP contribution in [-0.2, 0) is 20.9 Å². The molecule has 0 saturated heterocycles. The molecule has 2 aromatic carbocycles. The second-order valence-corrected chi connectivity index (χ2v) is 6.87. The first kappa shape index (κ1) is 25.7. The molecule has 2 atom stereocenters. The zero-order valence-corrected chi connectivity index (χ0v) is 17.4. The summed E-state index contributed by atoms with van der Waals surface area (Å²) in [5, 5.41) is 12.6. The van der Waals surface area contributed by atoms with E-state index in [0.29, 0.717) is 5.56 Å². The van der Waals surface area contributed by atoms with E-state index in [4.69, 9.17) is 14.2 Å². The van der Waals surface area contributed by atoms with E-state index >= 15 is 0 Å². The molecule has 0 spiro atoms. The van der Waals surface area contributed by atoms with Crippen LogP contribution in [0, 0.1) is 23.3 Å². The largest absolute Gasteiger partial charge is 0.485 e. The van der Waals surface area contributed by atoms with Crippen molar-refractivity contribution < 1.29 is 46.5 Å². The molecule has 7 nitrogen and oxygen atoms in total. The number of allylic oxidation sites excluding steroid dienone is 1. The maximum atomic E-state index is 13.8. The highest BCUT2D eigenvalue weighted by atomic mass is 19.2. The second-order valence-electron chi connectivity index (χ2n) is 6.87. The summed E-state index contributed by atoms with van der Waals surface area (Å²) in [6, 6.07) is 7.18. The van der Waals surface area contributed by atoms with Gasteiger partial charge in [0.05, 0.1) is 18.2 Å². The molecule has 178 valence electrons. The number of carbonyl (C=O) groups is 2. The first-order valence-corrected chi connectivity index (χ1v) is 9.55. The van der Waals surface area contributed by atoms with Crippen molar-refractivity contribution >= 4 is 12.1 Å². The average Bonchev–Trinajstić information content (AvgIpc) is 2.76. The van der Waals surface area contributed by atoms with Gasteiger partial charge in [-0.05, 0) is 12.5 Å². The van der Waals surface area contributed by atoms with Gasteiger partial charge in [-0.3, -0.25) is 4.79 Å². The molecule has 0 aromatic heterocycles. The van der Waals surface area contributed by atoms with Crippen molar-refractivity contribution in [3.05, 3.63) is 77.6 Å². The number of amides is 1. The zero-order valence-electron chi connectivity index (χ0n) is 17.4. The fourth-order valence-electron chi connectivity index (χ4n) is 2.58. The van der Waals surface area contributed by atoms with Gasteiger partial charge in [-0.1, -0.05) is 36.9 Å². The fourth-order valence-corrected chi connectivity index (χ4v) is 2.58. The molecule has 0 saturated carbocycles. The van der Waals surface area contributed by atoms with E-state index in [1.165, 1.54) is 6.92 Å². The number of hydrogen-bond acceptors (Lipinski definition) is 6. The monoisotopic (exact) mass is 471 g/mol. The van der Waals surface area contributed by atoms with Crippen molar-refractivity contribution in [3.63, 3.8) is 0 Å². The van der Waals surface area contributed by atoms with E-state index in [0.717, 1.165) is 0 Å². The van der Waals surface area contributed by atoms with Gasteiger partial charge < -0.3 is 24.6 Å². The molecule has 2 aromatic rings. The van der Waals surface area contributed by atoms with E-state index in [1.807, 2.05) is 0 Å². The third-order valence-corrected chi connectivity index (χ3v) is 4.13. The molecule has 0 aliphatic carbocycles. The van der Waals surface area contributed by atoms with Crippen LogP contribution in [0.3, 0.4) is 0 Å². The smallest absolute Gasteiger partial charge is 0.407 e. The van der Waals surface area contributed by atoms with Crippen molar-refractivity contribution in [2.75, 3.05) is 6.61 Å². The first-order valence-electron chi connectivity index (χ1n) is 9.55. The number of aliphatic hydroxyl groups is 1. The number of alkyl carbamates (subject to hydrolysis) is 1. The Labute approximate surface area is 186 Å². The number of aliphatic hydroxyl groups excluding tert-OH is 1. The summed E-state index contributed by atoms with van der Waals surface area (Å²) in [6.45, 7) is 3.71. The highest BCUT2D eigenvalue weighted by Crippen LogP contribution is 2.26. The van der Waals surface area contributed by atoms with Gasteiger partial charge in [-0.2, -0.15) is 8.78 Å². The normalized spacial score (nSPS) is 12.4. The zero-order chi connectivity index (χ0) is 24.5. The molecule has 0 bridgehead atoms. The van der Waals surface area contributed by atoms with Crippen LogP contribution in [0.25, 0.3) is 0 Å². The van der Waals surface area contributed by atoms with Gasteiger partial charge in [-0.25, -0.2) is 13.6 Å². The molecule has 1 amide bonds. The van der Waals surface area contributed by atoms with Crippen LogP contribution in [0.2, 0.25) is 0 Å². The summed E-state index contributed by atoms with van der Waals surface area (Å²) >= 11 is 0. The van der Waals surface area contributed by atoms with Gasteiger partial charge in [0.15, 0.2) is 17.4 Å². The molecular formula is C22H21F4NO6. The second kappa shape index (κ2) is 11.9. The van der Waals surface area contributed by atoms with Crippen molar-refractivity contribution in [2.24, 2.45) is 0 Å². The lowest BCUT2D eigenvalue weighted by molar-refractivity contribution is -0.140. The molecule has 0 fully saturated rings. The lowest BCUT2D eigenvalue weighted by Gasteiger charge is -2.23. The molecule has 0 radical (unpaired) electrons. The molecule has 1 unspecified atom stereocenters. The predicted octanol–water partition coefficient (Wildman–Crippen LogP) is 3.74. The minimum Gasteiger partial charge on any atom is -0.485 e. The van der Waals surface area contributed by atoms with Crippen LogP contribution in [0.15, 0.2) is 48.7 Å². The molecule has 0 aliphatic rings. The van der Waals surface area contributed by atoms with Crippen molar-refractivity contribution in [1.29, 1.82) is 0 Å². The van der Waals surface area contributed by atoms with Crippen molar-refractivity contribution in [2.45, 2.75) is 32.1 Å². The summed E-state index contributed by atoms with van der Waals surface area (Å²) in [5.41, 5.74) is 0.661. The van der Waals surface area contributed by atoms with Crippen LogP contribution in [0.4, 0.5) is 22.4 Å². The summed E-state index contributed by atoms with van der Waals surface area (Å²) in [5.74, 6) is -9.30. The number of esters is 1. The van der Waals surface area contributed by atoms with Crippen LogP contribution in [-0.4, -0.2) is 35.9 Å². The Morgan fingerprint density at radius 2 is 1.70 bits per heavy atom. The maximum absolute atomic E-state index is 13.8. The van der Waals surface area contributed by atoms with Crippen LogP contribution >= 0.6 is 0 Å². The van der Waals surface area contributed by atoms with E-state index in [2.05, 4.69) is 11.9 Å². The van der Waals surface area contributed by atoms with Crippen molar-refractivity contribution in [1.82, 2.24) is 5.32 Å². The number of halogens is 4. The maximum Gasteiger partial charge on any atom is 0.407 e. The number of hydrogen-bond donors (Lipinski definition) is 2. The molecule has 2 rings (SSSR count). The third-order valence-electron chi connectivity index (χ3n) is 4.13. The minimum atomic E-state index is -1.81. The van der Waals surface area contributed by atoms with Gasteiger partial charge in [0.25, 0.3) is 0 Å². The molecule has 11 heteroatoms. The number of benzene rings is 2. The van der Waals surface area contributed by atoms with E-state index in [1.54, 1.807) is 30.3 Å². The summed E-state index contributed by atoms with van der Waals surface area (Å²) in [4.78, 5) is 24.1. The predicted molar refractivity (Wildman–Crippen MR) is 107 cm³/mol. The quantitative estimate of drug-likeness (QED) is 0.237. The lowest BCUT2D eigenvalue weighted by Crippen LogP contribution is -2.47. The molecule has 0 aliphatic heterocycles. The summed E-state index contributed by atoms with van der Waals surface area (Å²) in [7, 11) is 0. The molecular weight excluding hydrogens is 450 g/mol. The van der Waals surface area contributed by atoms with E-state index in [9.17, 15) is 32.3 Å². The number of rotatable bonds is 10. The summed E-state index contributed by atoms with van der Waals surface area (Å²) < 4.78 is 68.7. The number of ether oxygens (including phenoxy) is 3. The van der Waals surface area contributed by atoms with Gasteiger partial charge in [0.1, 0.15) is 19.3 Å². The van der Waals surface area contributed by atoms with Crippen molar-refractivity contribution in [3.8, 4) is 5.75 Å². The Balaban J connectivity index is 2.08. The molecule has 0 heterocycles. The van der Waals surface area contributed by atoms with Gasteiger partial charge in [-0.15, -0.1) is 0 Å². The first-order chi connectivity index (χ1) is 15.6. The minimum absolute atomic E-state index is 0.00528. The standard InChI is InChI=1S/C22H21F4NO6/c1-12(2)33-18(29)9-16(27-22(30)32-10-13-6-4-3-5-7-13)17(28)11-31-21-19(25)14(23)8-15(24)20(21)26/h3-8,16-17,28H,1,9-11H2,2H3,(H,27,30)/t16-,17?/m0/s1. The van der Waals surface area contributed by atoms with Crippen LogP contribution < -0.4 is 10.1 Å². The van der Waals surface area contributed by atoms with E-state index < -0.39 is 66.3 Å². The summed E-state index contributed by atoms with van der Waals surface area (Å²) in [6.07, 6.45) is -3.41. The van der Waals surface area contributed by atoms with Gasteiger partial charge >= 0.3 is 12.1 Å².